The van der Waals surface area contributed by atoms with Crippen LogP contribution in [-0.4, -0.2) is 46.3 Å². The van der Waals surface area contributed by atoms with Gasteiger partial charge in [-0.1, -0.05) is 36.2 Å². The summed E-state index contributed by atoms with van der Waals surface area (Å²) in [6.07, 6.45) is 5.65. The van der Waals surface area contributed by atoms with Crippen molar-refractivity contribution in [2.24, 2.45) is 0 Å². The number of benzene rings is 2. The number of halogens is 1. The van der Waals surface area contributed by atoms with E-state index in [0.717, 1.165) is 29.6 Å². The number of hydrogen-bond acceptors (Lipinski definition) is 3. The van der Waals surface area contributed by atoms with E-state index in [1.54, 1.807) is 0 Å². The van der Waals surface area contributed by atoms with Crippen LogP contribution in [0.3, 0.4) is 0 Å². The molecule has 0 radical (unpaired) electrons. The maximum Gasteiger partial charge on any atom is 0.251 e. The summed E-state index contributed by atoms with van der Waals surface area (Å²) in [5.74, 6) is -0.0351. The number of aromatic nitrogens is 2. The topological polar surface area (TPSA) is 50.2 Å². The number of carbonyl (C=O) groups excluding carboxylic acids is 1. The molecule has 1 amide bonds. The predicted molar refractivity (Wildman–Crippen MR) is 118 cm³/mol. The number of amides is 1. The van der Waals surface area contributed by atoms with E-state index in [1.165, 1.54) is 19.3 Å². The van der Waals surface area contributed by atoms with Crippen LogP contribution in [0.4, 0.5) is 0 Å². The summed E-state index contributed by atoms with van der Waals surface area (Å²) in [6.45, 7) is 5.59. The smallest absolute Gasteiger partial charge is 0.251 e. The molecule has 1 atom stereocenters. The first-order valence-electron chi connectivity index (χ1n) is 10.3. The summed E-state index contributed by atoms with van der Waals surface area (Å²) < 4.78 is 1.91. The first-order chi connectivity index (χ1) is 14.1. The molecule has 1 aliphatic rings. The molecular weight excluding hydrogens is 384 g/mol. The fourth-order valence-electron chi connectivity index (χ4n) is 4.05. The van der Waals surface area contributed by atoms with E-state index in [0.29, 0.717) is 29.7 Å². The third-order valence-corrected chi connectivity index (χ3v) is 5.99. The lowest BCUT2D eigenvalue weighted by molar-refractivity contribution is 0.0938. The van der Waals surface area contributed by atoms with Crippen LogP contribution in [-0.2, 0) is 6.54 Å². The molecule has 3 aromatic rings. The summed E-state index contributed by atoms with van der Waals surface area (Å²) in [5, 5.41) is 9.29. The van der Waals surface area contributed by atoms with Gasteiger partial charge in [0.1, 0.15) is 0 Å². The fraction of sp³-hybridized carbons (Fsp3) is 0.391. The molecule has 1 aromatic heterocycles. The van der Waals surface area contributed by atoms with E-state index < -0.39 is 0 Å². The first kappa shape index (κ1) is 19.9. The molecule has 1 aliphatic heterocycles. The molecule has 0 spiro atoms. The number of likely N-dealkylation sites (tertiary alicyclic amines) is 1. The van der Waals surface area contributed by atoms with Crippen molar-refractivity contribution in [3.63, 3.8) is 0 Å². The van der Waals surface area contributed by atoms with Gasteiger partial charge in [0.2, 0.25) is 0 Å². The highest BCUT2D eigenvalue weighted by molar-refractivity contribution is 6.30. The standard InChI is InChI=1S/C23H27ClN4O/c1-17-5-2-3-11-27(17)12-10-25-23(29)19-8-9-20-15-26-28(22(20)14-19)16-18-6-4-7-21(24)13-18/h4,6-9,13-15,17H,2-3,5,10-12,16H2,1H3,(H,25,29). The lowest BCUT2D eigenvalue weighted by Gasteiger charge is -2.33. The van der Waals surface area contributed by atoms with E-state index in [1.807, 2.05) is 53.3 Å². The second-order valence-corrected chi connectivity index (χ2v) is 8.28. The third kappa shape index (κ3) is 4.80. The number of piperidine rings is 1. The Morgan fingerprint density at radius 3 is 2.97 bits per heavy atom. The van der Waals surface area contributed by atoms with Crippen LogP contribution in [0.25, 0.3) is 10.9 Å². The maximum atomic E-state index is 12.7. The SMILES string of the molecule is CC1CCCCN1CCNC(=O)c1ccc2cnn(Cc3cccc(Cl)c3)c2c1. The number of carbonyl (C=O) groups is 1. The van der Waals surface area contributed by atoms with Gasteiger partial charge in [0.05, 0.1) is 18.3 Å². The molecule has 152 valence electrons. The quantitative estimate of drug-likeness (QED) is 0.657. The molecule has 5 nitrogen and oxygen atoms in total. The number of nitrogens with one attached hydrogen (secondary N) is 1. The predicted octanol–water partition coefficient (Wildman–Crippen LogP) is 4.34. The minimum atomic E-state index is -0.0351. The van der Waals surface area contributed by atoms with Gasteiger partial charge in [0, 0.05) is 35.1 Å². The van der Waals surface area contributed by atoms with E-state index in [2.05, 4.69) is 22.2 Å². The summed E-state index contributed by atoms with van der Waals surface area (Å²) >= 11 is 6.10. The van der Waals surface area contributed by atoms with Gasteiger partial charge >= 0.3 is 0 Å². The van der Waals surface area contributed by atoms with Crippen molar-refractivity contribution in [1.82, 2.24) is 20.0 Å². The molecule has 0 aliphatic carbocycles. The van der Waals surface area contributed by atoms with E-state index in [-0.39, 0.29) is 5.91 Å². The Morgan fingerprint density at radius 1 is 1.24 bits per heavy atom. The van der Waals surface area contributed by atoms with Gasteiger partial charge in [-0.15, -0.1) is 0 Å². The van der Waals surface area contributed by atoms with Crippen molar-refractivity contribution in [2.75, 3.05) is 19.6 Å². The lowest BCUT2D eigenvalue weighted by Crippen LogP contribution is -2.42. The van der Waals surface area contributed by atoms with Gasteiger partial charge in [-0.2, -0.15) is 5.10 Å². The molecule has 0 saturated carbocycles. The zero-order valence-electron chi connectivity index (χ0n) is 16.8. The van der Waals surface area contributed by atoms with Crippen LogP contribution in [0.2, 0.25) is 5.02 Å². The number of fused-ring (bicyclic) bond motifs is 1. The zero-order chi connectivity index (χ0) is 20.2. The Morgan fingerprint density at radius 2 is 2.14 bits per heavy atom. The molecule has 2 aromatic carbocycles. The third-order valence-electron chi connectivity index (χ3n) is 5.75. The normalized spacial score (nSPS) is 17.5. The average Bonchev–Trinajstić information content (AvgIpc) is 3.11. The molecule has 0 bridgehead atoms. The average molecular weight is 411 g/mol. The molecular formula is C23H27ClN4O. The number of rotatable bonds is 6. The molecule has 2 heterocycles. The Bertz CT molecular complexity index is 999. The molecule has 1 fully saturated rings. The summed E-state index contributed by atoms with van der Waals surface area (Å²) in [7, 11) is 0. The van der Waals surface area contributed by atoms with Crippen LogP contribution < -0.4 is 5.32 Å². The summed E-state index contributed by atoms with van der Waals surface area (Å²) in [6, 6.07) is 14.1. The van der Waals surface area contributed by atoms with E-state index in [9.17, 15) is 4.79 Å². The van der Waals surface area contributed by atoms with Gasteiger partial charge in [0.15, 0.2) is 0 Å². The van der Waals surface area contributed by atoms with Crippen LogP contribution in [0, 0.1) is 0 Å². The molecule has 29 heavy (non-hydrogen) atoms. The Labute approximate surface area is 176 Å². The largest absolute Gasteiger partial charge is 0.351 e. The van der Waals surface area contributed by atoms with Crippen molar-refractivity contribution in [3.05, 3.63) is 64.8 Å². The van der Waals surface area contributed by atoms with Gasteiger partial charge < -0.3 is 5.32 Å². The van der Waals surface area contributed by atoms with Gasteiger partial charge in [0.25, 0.3) is 5.91 Å². The second-order valence-electron chi connectivity index (χ2n) is 7.84. The van der Waals surface area contributed by atoms with Crippen LogP contribution in [0.1, 0.15) is 42.1 Å². The Hall–Kier alpha value is -2.37. The van der Waals surface area contributed by atoms with E-state index >= 15 is 0 Å². The fourth-order valence-corrected chi connectivity index (χ4v) is 4.26. The molecule has 1 saturated heterocycles. The zero-order valence-corrected chi connectivity index (χ0v) is 17.5. The van der Waals surface area contributed by atoms with Gasteiger partial charge in [-0.25, -0.2) is 0 Å². The minimum Gasteiger partial charge on any atom is -0.351 e. The highest BCUT2D eigenvalue weighted by atomic mass is 35.5. The molecule has 6 heteroatoms. The first-order valence-corrected chi connectivity index (χ1v) is 10.7. The summed E-state index contributed by atoms with van der Waals surface area (Å²) in [5.41, 5.74) is 2.69. The van der Waals surface area contributed by atoms with Crippen molar-refractivity contribution in [2.45, 2.75) is 38.8 Å². The van der Waals surface area contributed by atoms with Gasteiger partial charge in [-0.05, 0) is 56.1 Å². The van der Waals surface area contributed by atoms with Crippen molar-refractivity contribution < 1.29 is 4.79 Å². The Balaban J connectivity index is 1.43. The highest BCUT2D eigenvalue weighted by Gasteiger charge is 2.18. The van der Waals surface area contributed by atoms with Crippen LogP contribution >= 0.6 is 11.6 Å². The molecule has 1 N–H and O–H groups in total. The lowest BCUT2D eigenvalue weighted by atomic mass is 10.0. The number of nitrogens with zero attached hydrogens (tertiary/aromatic N) is 3. The van der Waals surface area contributed by atoms with Crippen molar-refractivity contribution in [1.29, 1.82) is 0 Å². The van der Waals surface area contributed by atoms with Gasteiger partial charge in [-0.3, -0.25) is 14.4 Å². The van der Waals surface area contributed by atoms with Crippen LogP contribution in [0.15, 0.2) is 48.7 Å². The molecule has 4 rings (SSSR count). The number of hydrogen-bond donors (Lipinski definition) is 1. The monoisotopic (exact) mass is 410 g/mol. The Kier molecular flexibility index (Phi) is 6.16. The van der Waals surface area contributed by atoms with Crippen LogP contribution in [0.5, 0.6) is 0 Å². The summed E-state index contributed by atoms with van der Waals surface area (Å²) in [4.78, 5) is 15.1. The second kappa shape index (κ2) is 8.97. The van der Waals surface area contributed by atoms with E-state index in [4.69, 9.17) is 11.6 Å². The highest BCUT2D eigenvalue weighted by Crippen LogP contribution is 2.19. The van der Waals surface area contributed by atoms with Crippen molar-refractivity contribution in [3.8, 4) is 0 Å². The maximum absolute atomic E-state index is 12.7. The minimum absolute atomic E-state index is 0.0351. The molecule has 1 unspecified atom stereocenters. The van der Waals surface area contributed by atoms with Crippen molar-refractivity contribution >= 4 is 28.4 Å².